The minimum Gasteiger partial charge on any atom is -0.389 e. The molecule has 2 heteroatoms. The standard InChI is InChI=1S/C12H23NO/c1-8(2)12(14)9-6-5-7-13-10(9)11(12,3)4/h8-10,13-14H,5-7H2,1-4H3. The van der Waals surface area contributed by atoms with E-state index >= 15 is 0 Å². The van der Waals surface area contributed by atoms with Crippen molar-refractivity contribution in [2.24, 2.45) is 17.3 Å². The van der Waals surface area contributed by atoms with E-state index < -0.39 is 5.60 Å². The monoisotopic (exact) mass is 197 g/mol. The van der Waals surface area contributed by atoms with Crippen molar-refractivity contribution < 1.29 is 5.11 Å². The van der Waals surface area contributed by atoms with E-state index in [1.54, 1.807) is 0 Å². The normalized spacial score (nSPS) is 45.9. The molecule has 3 atom stereocenters. The summed E-state index contributed by atoms with van der Waals surface area (Å²) in [5.41, 5.74) is -0.419. The Morgan fingerprint density at radius 3 is 2.57 bits per heavy atom. The molecule has 0 radical (unpaired) electrons. The molecule has 2 rings (SSSR count). The van der Waals surface area contributed by atoms with E-state index in [2.05, 4.69) is 33.0 Å². The van der Waals surface area contributed by atoms with Gasteiger partial charge in [0.2, 0.25) is 0 Å². The summed E-state index contributed by atoms with van der Waals surface area (Å²) in [6.07, 6.45) is 2.40. The lowest BCUT2D eigenvalue weighted by Gasteiger charge is -2.68. The van der Waals surface area contributed by atoms with E-state index in [4.69, 9.17) is 0 Å². The molecule has 82 valence electrons. The zero-order valence-corrected chi connectivity index (χ0v) is 9.80. The van der Waals surface area contributed by atoms with Crippen LogP contribution in [0.15, 0.2) is 0 Å². The van der Waals surface area contributed by atoms with Gasteiger partial charge >= 0.3 is 0 Å². The molecular formula is C12H23NO. The molecule has 0 aromatic rings. The highest BCUT2D eigenvalue weighted by molar-refractivity contribution is 5.20. The summed E-state index contributed by atoms with van der Waals surface area (Å²) in [6, 6.07) is 0.531. The molecule has 0 bridgehead atoms. The number of piperidine rings is 1. The maximum atomic E-state index is 10.8. The quantitative estimate of drug-likeness (QED) is 0.671. The Morgan fingerprint density at radius 2 is 2.00 bits per heavy atom. The van der Waals surface area contributed by atoms with Crippen LogP contribution in [0.25, 0.3) is 0 Å². The molecular weight excluding hydrogens is 174 g/mol. The lowest BCUT2D eigenvalue weighted by atomic mass is 9.43. The Kier molecular flexibility index (Phi) is 2.20. The molecule has 3 unspecified atom stereocenters. The third-order valence-corrected chi connectivity index (χ3v) is 4.71. The average Bonchev–Trinajstić information content (AvgIpc) is 2.16. The average molecular weight is 197 g/mol. The molecule has 0 aromatic heterocycles. The highest BCUT2D eigenvalue weighted by Crippen LogP contribution is 2.59. The molecule has 2 fully saturated rings. The Labute approximate surface area is 87.1 Å². The number of fused-ring (bicyclic) bond motifs is 1. The van der Waals surface area contributed by atoms with Gasteiger partial charge in [-0.05, 0) is 25.3 Å². The molecule has 1 heterocycles. The lowest BCUT2D eigenvalue weighted by molar-refractivity contribution is -0.257. The molecule has 1 aliphatic heterocycles. The molecule has 0 amide bonds. The van der Waals surface area contributed by atoms with Gasteiger partial charge in [-0.2, -0.15) is 0 Å². The number of hydrogen-bond acceptors (Lipinski definition) is 2. The molecule has 0 spiro atoms. The Morgan fingerprint density at radius 1 is 1.36 bits per heavy atom. The first-order valence-corrected chi connectivity index (χ1v) is 5.88. The van der Waals surface area contributed by atoms with Crippen molar-refractivity contribution in [3.8, 4) is 0 Å². The van der Waals surface area contributed by atoms with E-state index in [0.717, 1.165) is 6.54 Å². The van der Waals surface area contributed by atoms with Crippen molar-refractivity contribution in [1.29, 1.82) is 0 Å². The zero-order valence-electron chi connectivity index (χ0n) is 9.80. The van der Waals surface area contributed by atoms with Crippen molar-refractivity contribution >= 4 is 0 Å². The SMILES string of the molecule is CC(C)C1(O)C2CCCNC2C1(C)C. The molecule has 1 saturated carbocycles. The minimum atomic E-state index is -0.453. The van der Waals surface area contributed by atoms with Gasteiger partial charge in [0.25, 0.3) is 0 Å². The van der Waals surface area contributed by atoms with Crippen molar-refractivity contribution in [1.82, 2.24) is 5.32 Å². The number of rotatable bonds is 1. The van der Waals surface area contributed by atoms with Crippen LogP contribution in [0, 0.1) is 17.3 Å². The fourth-order valence-corrected chi connectivity index (χ4v) is 3.92. The molecule has 1 saturated heterocycles. The lowest BCUT2D eigenvalue weighted by Crippen LogP contribution is -2.78. The van der Waals surface area contributed by atoms with Gasteiger partial charge in [-0.1, -0.05) is 27.7 Å². The van der Waals surface area contributed by atoms with Gasteiger partial charge in [-0.15, -0.1) is 0 Å². The smallest absolute Gasteiger partial charge is 0.0779 e. The first-order chi connectivity index (χ1) is 6.42. The second-order valence-corrected chi connectivity index (χ2v) is 5.88. The molecule has 0 aromatic carbocycles. The van der Waals surface area contributed by atoms with Crippen LogP contribution in [0.4, 0.5) is 0 Å². The Balaban J connectivity index is 2.26. The van der Waals surface area contributed by atoms with Crippen LogP contribution in [-0.4, -0.2) is 23.3 Å². The predicted molar refractivity (Wildman–Crippen MR) is 58.1 cm³/mol. The maximum absolute atomic E-state index is 10.8. The predicted octanol–water partition coefficient (Wildman–Crippen LogP) is 1.78. The van der Waals surface area contributed by atoms with Crippen molar-refractivity contribution in [3.05, 3.63) is 0 Å². The van der Waals surface area contributed by atoms with Crippen molar-refractivity contribution in [2.75, 3.05) is 6.54 Å². The summed E-state index contributed by atoms with van der Waals surface area (Å²) in [6.45, 7) is 9.82. The summed E-state index contributed by atoms with van der Waals surface area (Å²) >= 11 is 0. The van der Waals surface area contributed by atoms with Crippen LogP contribution in [0.1, 0.15) is 40.5 Å². The molecule has 2 aliphatic rings. The van der Waals surface area contributed by atoms with Crippen LogP contribution in [0.3, 0.4) is 0 Å². The highest BCUT2D eigenvalue weighted by Gasteiger charge is 2.67. The van der Waals surface area contributed by atoms with Crippen LogP contribution >= 0.6 is 0 Å². The van der Waals surface area contributed by atoms with Crippen LogP contribution < -0.4 is 5.32 Å². The molecule has 2 nitrogen and oxygen atoms in total. The van der Waals surface area contributed by atoms with Crippen LogP contribution in [0.5, 0.6) is 0 Å². The summed E-state index contributed by atoms with van der Waals surface area (Å²) < 4.78 is 0. The Hall–Kier alpha value is -0.0800. The highest BCUT2D eigenvalue weighted by atomic mass is 16.3. The van der Waals surface area contributed by atoms with E-state index in [-0.39, 0.29) is 5.41 Å². The van der Waals surface area contributed by atoms with Gasteiger partial charge in [0.05, 0.1) is 5.60 Å². The molecule has 14 heavy (non-hydrogen) atoms. The number of aliphatic hydroxyl groups is 1. The van der Waals surface area contributed by atoms with E-state index in [1.807, 2.05) is 0 Å². The summed E-state index contributed by atoms with van der Waals surface area (Å²) in [7, 11) is 0. The zero-order chi connectivity index (χ0) is 10.6. The summed E-state index contributed by atoms with van der Waals surface area (Å²) in [4.78, 5) is 0. The van der Waals surface area contributed by atoms with Gasteiger partial charge in [0.1, 0.15) is 0 Å². The first kappa shape index (κ1) is 10.4. The summed E-state index contributed by atoms with van der Waals surface area (Å²) in [5.74, 6) is 0.838. The summed E-state index contributed by atoms with van der Waals surface area (Å²) in [5, 5.41) is 14.3. The number of nitrogens with one attached hydrogen (secondary N) is 1. The van der Waals surface area contributed by atoms with Crippen molar-refractivity contribution in [2.45, 2.75) is 52.2 Å². The van der Waals surface area contributed by atoms with Gasteiger partial charge in [-0.25, -0.2) is 0 Å². The Bertz CT molecular complexity index is 236. The third kappa shape index (κ3) is 0.989. The largest absolute Gasteiger partial charge is 0.389 e. The van der Waals surface area contributed by atoms with Crippen LogP contribution in [-0.2, 0) is 0 Å². The van der Waals surface area contributed by atoms with Gasteiger partial charge in [-0.3, -0.25) is 0 Å². The fourth-order valence-electron chi connectivity index (χ4n) is 3.92. The molecule has 1 aliphatic carbocycles. The first-order valence-electron chi connectivity index (χ1n) is 5.88. The van der Waals surface area contributed by atoms with Crippen molar-refractivity contribution in [3.63, 3.8) is 0 Å². The van der Waals surface area contributed by atoms with Gasteiger partial charge < -0.3 is 10.4 Å². The van der Waals surface area contributed by atoms with E-state index in [0.29, 0.717) is 17.9 Å². The fraction of sp³-hybridized carbons (Fsp3) is 1.00. The maximum Gasteiger partial charge on any atom is 0.0779 e. The number of hydrogen-bond donors (Lipinski definition) is 2. The van der Waals surface area contributed by atoms with Crippen LogP contribution in [0.2, 0.25) is 0 Å². The van der Waals surface area contributed by atoms with Gasteiger partial charge in [0, 0.05) is 17.4 Å². The minimum absolute atomic E-state index is 0.0340. The van der Waals surface area contributed by atoms with Gasteiger partial charge in [0.15, 0.2) is 0 Å². The topological polar surface area (TPSA) is 32.3 Å². The second kappa shape index (κ2) is 2.96. The molecule has 2 N–H and O–H groups in total. The second-order valence-electron chi connectivity index (χ2n) is 5.88. The third-order valence-electron chi connectivity index (χ3n) is 4.71. The van der Waals surface area contributed by atoms with E-state index in [9.17, 15) is 5.11 Å². The van der Waals surface area contributed by atoms with E-state index in [1.165, 1.54) is 12.8 Å².